The number of nitrogens with zero attached hydrogens (tertiary/aromatic N) is 1. The number of amides is 1. The monoisotopic (exact) mass is 315 g/mol. The van der Waals surface area contributed by atoms with Gasteiger partial charge in [0.05, 0.1) is 0 Å². The molecule has 1 amide bonds. The molecule has 1 aromatic rings. The van der Waals surface area contributed by atoms with E-state index in [1.807, 2.05) is 18.0 Å². The molecule has 17 heavy (non-hydrogen) atoms. The first kappa shape index (κ1) is 12.9. The lowest BCUT2D eigenvalue weighted by Crippen LogP contribution is -2.35. The Labute approximate surface area is 115 Å². The van der Waals surface area contributed by atoms with Crippen LogP contribution in [0.4, 0.5) is 0 Å². The minimum absolute atomic E-state index is 0.0556. The first-order valence-corrected chi connectivity index (χ1v) is 6.98. The van der Waals surface area contributed by atoms with E-state index in [4.69, 9.17) is 11.6 Å². The second-order valence-corrected chi connectivity index (χ2v) is 5.86. The zero-order valence-electron chi connectivity index (χ0n) is 9.75. The molecule has 2 nitrogen and oxygen atoms in total. The van der Waals surface area contributed by atoms with Gasteiger partial charge in [-0.2, -0.15) is 0 Å². The molecule has 0 saturated heterocycles. The van der Waals surface area contributed by atoms with Crippen molar-refractivity contribution in [2.24, 2.45) is 0 Å². The van der Waals surface area contributed by atoms with Crippen LogP contribution in [0.2, 0.25) is 5.02 Å². The lowest BCUT2D eigenvalue weighted by Gasteiger charge is -2.24. The molecule has 1 aliphatic rings. The van der Waals surface area contributed by atoms with Gasteiger partial charge in [0.1, 0.15) is 0 Å². The standard InChI is InChI=1S/C13H15BrClNO/c1-16(12-4-2-3-5-12)13(17)9-6-10(14)8-11(15)7-9/h6-8,12H,2-5H2,1H3. The Morgan fingerprint density at radius 1 is 1.35 bits per heavy atom. The SMILES string of the molecule is CN(C(=O)c1cc(Cl)cc(Br)c1)C1CCCC1. The molecule has 1 aromatic carbocycles. The number of benzene rings is 1. The van der Waals surface area contributed by atoms with Crippen molar-refractivity contribution in [3.8, 4) is 0 Å². The first-order chi connectivity index (χ1) is 8.08. The predicted molar refractivity (Wildman–Crippen MR) is 73.5 cm³/mol. The number of hydrogen-bond acceptors (Lipinski definition) is 1. The van der Waals surface area contributed by atoms with Crippen molar-refractivity contribution in [3.05, 3.63) is 33.3 Å². The molecule has 1 saturated carbocycles. The second kappa shape index (κ2) is 5.40. The molecule has 0 radical (unpaired) electrons. The van der Waals surface area contributed by atoms with Gasteiger partial charge in [-0.1, -0.05) is 40.4 Å². The summed E-state index contributed by atoms with van der Waals surface area (Å²) in [6.45, 7) is 0. The Bertz CT molecular complexity index is 409. The van der Waals surface area contributed by atoms with Crippen LogP contribution in [-0.4, -0.2) is 23.9 Å². The van der Waals surface area contributed by atoms with Crippen LogP contribution in [-0.2, 0) is 0 Å². The third-order valence-electron chi connectivity index (χ3n) is 3.30. The van der Waals surface area contributed by atoms with Crippen LogP contribution in [0.1, 0.15) is 36.0 Å². The molecule has 4 heteroatoms. The third-order valence-corrected chi connectivity index (χ3v) is 3.98. The Hall–Kier alpha value is -0.540. The van der Waals surface area contributed by atoms with Gasteiger partial charge < -0.3 is 4.90 Å². The van der Waals surface area contributed by atoms with Crippen LogP contribution in [0.5, 0.6) is 0 Å². The number of halogens is 2. The molecule has 0 atom stereocenters. The minimum atomic E-state index is 0.0556. The van der Waals surface area contributed by atoms with E-state index in [1.165, 1.54) is 12.8 Å². The summed E-state index contributed by atoms with van der Waals surface area (Å²) in [6.07, 6.45) is 4.68. The van der Waals surface area contributed by atoms with Crippen molar-refractivity contribution in [2.75, 3.05) is 7.05 Å². The number of carbonyl (C=O) groups excluding carboxylic acids is 1. The Balaban J connectivity index is 2.17. The smallest absolute Gasteiger partial charge is 0.253 e. The lowest BCUT2D eigenvalue weighted by molar-refractivity contribution is 0.0735. The molecule has 0 heterocycles. The van der Waals surface area contributed by atoms with Gasteiger partial charge in [-0.3, -0.25) is 4.79 Å². The molecule has 0 aromatic heterocycles. The average Bonchev–Trinajstić information content (AvgIpc) is 2.79. The summed E-state index contributed by atoms with van der Waals surface area (Å²) < 4.78 is 0.841. The quantitative estimate of drug-likeness (QED) is 0.804. The Kier molecular flexibility index (Phi) is 4.10. The van der Waals surface area contributed by atoms with Gasteiger partial charge in [0.25, 0.3) is 5.91 Å². The third kappa shape index (κ3) is 3.02. The van der Waals surface area contributed by atoms with Crippen molar-refractivity contribution >= 4 is 33.4 Å². The first-order valence-electron chi connectivity index (χ1n) is 5.81. The highest BCUT2D eigenvalue weighted by molar-refractivity contribution is 9.10. The van der Waals surface area contributed by atoms with Crippen LogP contribution in [0.25, 0.3) is 0 Å². The summed E-state index contributed by atoms with van der Waals surface area (Å²) in [4.78, 5) is 14.1. The number of hydrogen-bond donors (Lipinski definition) is 0. The summed E-state index contributed by atoms with van der Waals surface area (Å²) in [5, 5.41) is 0.586. The fourth-order valence-corrected chi connectivity index (χ4v) is 3.20. The van der Waals surface area contributed by atoms with Gasteiger partial charge in [0, 0.05) is 28.1 Å². The average molecular weight is 317 g/mol. The van der Waals surface area contributed by atoms with E-state index < -0.39 is 0 Å². The fourth-order valence-electron chi connectivity index (χ4n) is 2.34. The van der Waals surface area contributed by atoms with Crippen molar-refractivity contribution in [2.45, 2.75) is 31.7 Å². The van der Waals surface area contributed by atoms with Gasteiger partial charge in [0.15, 0.2) is 0 Å². The summed E-state index contributed by atoms with van der Waals surface area (Å²) in [6, 6.07) is 5.72. The summed E-state index contributed by atoms with van der Waals surface area (Å²) in [5.41, 5.74) is 0.652. The Morgan fingerprint density at radius 3 is 2.59 bits per heavy atom. The molecule has 1 fully saturated rings. The lowest BCUT2D eigenvalue weighted by atomic mass is 10.1. The maximum atomic E-state index is 12.3. The molecular weight excluding hydrogens is 302 g/mol. The van der Waals surface area contributed by atoms with Crippen molar-refractivity contribution < 1.29 is 4.79 Å². The van der Waals surface area contributed by atoms with Gasteiger partial charge in [0.2, 0.25) is 0 Å². The highest BCUT2D eigenvalue weighted by Gasteiger charge is 2.24. The van der Waals surface area contributed by atoms with E-state index in [-0.39, 0.29) is 5.91 Å². The maximum absolute atomic E-state index is 12.3. The normalized spacial score (nSPS) is 16.2. The van der Waals surface area contributed by atoms with Crippen LogP contribution in [0.15, 0.2) is 22.7 Å². The Morgan fingerprint density at radius 2 is 2.00 bits per heavy atom. The van der Waals surface area contributed by atoms with Crippen molar-refractivity contribution in [1.82, 2.24) is 4.90 Å². The zero-order valence-corrected chi connectivity index (χ0v) is 12.1. The van der Waals surface area contributed by atoms with E-state index in [0.29, 0.717) is 16.6 Å². The molecule has 1 aliphatic carbocycles. The molecular formula is C13H15BrClNO. The molecule has 0 unspecified atom stereocenters. The van der Waals surface area contributed by atoms with Gasteiger partial charge >= 0.3 is 0 Å². The highest BCUT2D eigenvalue weighted by atomic mass is 79.9. The van der Waals surface area contributed by atoms with Crippen molar-refractivity contribution in [3.63, 3.8) is 0 Å². The summed E-state index contributed by atoms with van der Waals surface area (Å²) >= 11 is 9.32. The predicted octanol–water partition coefficient (Wildman–Crippen LogP) is 4.12. The fraction of sp³-hybridized carbons (Fsp3) is 0.462. The highest BCUT2D eigenvalue weighted by Crippen LogP contribution is 2.25. The summed E-state index contributed by atoms with van der Waals surface area (Å²) in [5.74, 6) is 0.0556. The van der Waals surface area contributed by atoms with Crippen molar-refractivity contribution in [1.29, 1.82) is 0 Å². The second-order valence-electron chi connectivity index (χ2n) is 4.51. The van der Waals surface area contributed by atoms with Gasteiger partial charge in [-0.25, -0.2) is 0 Å². The maximum Gasteiger partial charge on any atom is 0.253 e. The topological polar surface area (TPSA) is 20.3 Å². The number of rotatable bonds is 2. The largest absolute Gasteiger partial charge is 0.339 e. The summed E-state index contributed by atoms with van der Waals surface area (Å²) in [7, 11) is 1.88. The van der Waals surface area contributed by atoms with E-state index in [1.54, 1.807) is 12.1 Å². The molecule has 0 bridgehead atoms. The van der Waals surface area contributed by atoms with E-state index in [2.05, 4.69) is 15.9 Å². The van der Waals surface area contributed by atoms with Crippen LogP contribution >= 0.6 is 27.5 Å². The molecule has 0 spiro atoms. The minimum Gasteiger partial charge on any atom is -0.339 e. The van der Waals surface area contributed by atoms with E-state index in [9.17, 15) is 4.79 Å². The van der Waals surface area contributed by atoms with Crippen LogP contribution < -0.4 is 0 Å². The van der Waals surface area contributed by atoms with Crippen LogP contribution in [0, 0.1) is 0 Å². The van der Waals surface area contributed by atoms with Gasteiger partial charge in [-0.15, -0.1) is 0 Å². The van der Waals surface area contributed by atoms with Gasteiger partial charge in [-0.05, 0) is 31.0 Å². The van der Waals surface area contributed by atoms with E-state index in [0.717, 1.165) is 17.3 Å². The number of carbonyl (C=O) groups is 1. The molecule has 2 rings (SSSR count). The zero-order chi connectivity index (χ0) is 12.4. The molecule has 0 N–H and O–H groups in total. The van der Waals surface area contributed by atoms with E-state index >= 15 is 0 Å². The molecule has 92 valence electrons. The molecule has 0 aliphatic heterocycles. The van der Waals surface area contributed by atoms with Crippen LogP contribution in [0.3, 0.4) is 0 Å².